The molecular weight excluding hydrogens is 323 g/mol. The van der Waals surface area contributed by atoms with Gasteiger partial charge >= 0.3 is 0 Å². The third-order valence-electron chi connectivity index (χ3n) is 3.77. The minimum atomic E-state index is -0.580. The van der Waals surface area contributed by atoms with E-state index in [-0.39, 0.29) is 0 Å². The zero-order chi connectivity index (χ0) is 16.4. The first-order valence-electron chi connectivity index (χ1n) is 6.62. The summed E-state index contributed by atoms with van der Waals surface area (Å²) < 4.78 is 0. The molecule has 0 saturated heterocycles. The van der Waals surface area contributed by atoms with Crippen LogP contribution in [0.1, 0.15) is 13.8 Å². The van der Waals surface area contributed by atoms with Gasteiger partial charge < -0.3 is 10.4 Å². The molecule has 2 rings (SSSR count). The van der Waals surface area contributed by atoms with Crippen molar-refractivity contribution >= 4 is 34.6 Å². The van der Waals surface area contributed by atoms with Gasteiger partial charge in [0.25, 0.3) is 0 Å². The summed E-state index contributed by atoms with van der Waals surface area (Å²) in [7, 11) is 0. The minimum absolute atomic E-state index is 0.450. The number of halogens is 2. The van der Waals surface area contributed by atoms with Crippen molar-refractivity contribution in [1.29, 1.82) is 0 Å². The lowest BCUT2D eigenvalue weighted by Gasteiger charge is -2.31. The smallest absolute Gasteiger partial charge is 0.102 e. The fourth-order valence-corrected chi connectivity index (χ4v) is 2.81. The first-order valence-corrected chi connectivity index (χ1v) is 7.37. The molecule has 0 bridgehead atoms. The van der Waals surface area contributed by atoms with E-state index in [0.29, 0.717) is 21.5 Å². The van der Waals surface area contributed by atoms with Gasteiger partial charge in [0.15, 0.2) is 0 Å². The highest BCUT2D eigenvalue weighted by Gasteiger charge is 2.33. The first-order chi connectivity index (χ1) is 10.3. The van der Waals surface area contributed by atoms with Crippen molar-refractivity contribution in [1.82, 2.24) is 0 Å². The Bertz CT molecular complexity index is 592. The summed E-state index contributed by atoms with van der Waals surface area (Å²) in [4.78, 5) is 0. The van der Waals surface area contributed by atoms with Crippen molar-refractivity contribution < 1.29 is 10.4 Å². The Kier molecular flexibility index (Phi) is 4.63. The summed E-state index contributed by atoms with van der Waals surface area (Å²) in [5, 5.41) is 24.7. The van der Waals surface area contributed by atoms with Crippen LogP contribution < -0.4 is 0 Å². The largest absolute Gasteiger partial charge is 0.410 e. The second kappa shape index (κ2) is 6.15. The molecule has 22 heavy (non-hydrogen) atoms. The molecule has 0 unspecified atom stereocenters. The zero-order valence-electron chi connectivity index (χ0n) is 12.2. The van der Waals surface area contributed by atoms with E-state index in [0.717, 1.165) is 0 Å². The molecule has 6 heteroatoms. The maximum absolute atomic E-state index is 8.77. The molecule has 116 valence electrons. The topological polar surface area (TPSA) is 65.2 Å². The van der Waals surface area contributed by atoms with E-state index in [9.17, 15) is 0 Å². The van der Waals surface area contributed by atoms with Crippen LogP contribution >= 0.6 is 23.2 Å². The van der Waals surface area contributed by atoms with Crippen LogP contribution in [0, 0.1) is 10.8 Å². The lowest BCUT2D eigenvalue weighted by Crippen LogP contribution is -2.21. The van der Waals surface area contributed by atoms with Crippen molar-refractivity contribution in [2.24, 2.45) is 21.1 Å². The monoisotopic (exact) mass is 338 g/mol. The van der Waals surface area contributed by atoms with E-state index >= 15 is 0 Å². The van der Waals surface area contributed by atoms with Crippen LogP contribution in [0.2, 0.25) is 0 Å². The summed E-state index contributed by atoms with van der Waals surface area (Å²) in [6.45, 7) is 3.83. The lowest BCUT2D eigenvalue weighted by molar-refractivity contribution is 0.319. The van der Waals surface area contributed by atoms with Crippen molar-refractivity contribution in [2.45, 2.75) is 13.8 Å². The van der Waals surface area contributed by atoms with Gasteiger partial charge in [-0.05, 0) is 38.2 Å². The number of oxime groups is 2. The molecule has 4 nitrogen and oxygen atoms in total. The normalized spacial score (nSPS) is 31.3. The minimum Gasteiger partial charge on any atom is -0.410 e. The van der Waals surface area contributed by atoms with Crippen molar-refractivity contribution in [3.05, 3.63) is 58.7 Å². The van der Waals surface area contributed by atoms with Crippen LogP contribution in [-0.4, -0.2) is 21.8 Å². The van der Waals surface area contributed by atoms with Gasteiger partial charge in [0, 0.05) is 20.9 Å². The van der Waals surface area contributed by atoms with E-state index in [2.05, 4.69) is 10.3 Å². The predicted molar refractivity (Wildman–Crippen MR) is 89.9 cm³/mol. The Morgan fingerprint density at radius 1 is 0.773 bits per heavy atom. The molecule has 0 amide bonds. The van der Waals surface area contributed by atoms with Crippen LogP contribution in [-0.2, 0) is 0 Å². The first kappa shape index (κ1) is 16.6. The van der Waals surface area contributed by atoms with E-state index in [1.165, 1.54) is 0 Å². The molecule has 0 spiro atoms. The highest BCUT2D eigenvalue weighted by molar-refractivity contribution is 6.40. The molecule has 0 atom stereocenters. The molecule has 0 aromatic rings. The van der Waals surface area contributed by atoms with Gasteiger partial charge in [0.05, 0.1) is 0 Å². The van der Waals surface area contributed by atoms with Crippen LogP contribution in [0.3, 0.4) is 0 Å². The van der Waals surface area contributed by atoms with E-state index in [1.807, 2.05) is 38.2 Å². The summed E-state index contributed by atoms with van der Waals surface area (Å²) in [5.74, 6) is 0. The number of nitrogens with zero attached hydrogens (tertiary/aromatic N) is 2. The zero-order valence-corrected chi connectivity index (χ0v) is 13.7. The molecule has 0 aromatic heterocycles. The maximum Gasteiger partial charge on any atom is 0.102 e. The highest BCUT2D eigenvalue weighted by atomic mass is 35.5. The van der Waals surface area contributed by atoms with Crippen LogP contribution in [0.25, 0.3) is 0 Å². The van der Waals surface area contributed by atoms with Gasteiger partial charge in [-0.15, -0.1) is 0 Å². The van der Waals surface area contributed by atoms with Gasteiger partial charge in [-0.2, -0.15) is 0 Å². The second-order valence-electron chi connectivity index (χ2n) is 5.58. The van der Waals surface area contributed by atoms with Crippen LogP contribution in [0.15, 0.2) is 69.0 Å². The molecule has 0 aromatic carbocycles. The standard InChI is InChI=1S/C16H16Cl2N2O2/c1-15(7-3-11(19-21)4-8-15)13(17)14(18)16(2)9-5-12(20-22)6-10-16/h3-10,21-22H,1-2H3/b14-13+,19-11?,20-12?. The number of hydrogen-bond donors (Lipinski definition) is 2. The summed E-state index contributed by atoms with van der Waals surface area (Å²) >= 11 is 13.1. The van der Waals surface area contributed by atoms with Crippen molar-refractivity contribution in [3.8, 4) is 0 Å². The van der Waals surface area contributed by atoms with E-state index < -0.39 is 10.8 Å². The second-order valence-corrected chi connectivity index (χ2v) is 6.33. The summed E-state index contributed by atoms with van der Waals surface area (Å²) in [6.07, 6.45) is 14.0. The molecule has 0 saturated carbocycles. The Balaban J connectivity index is 2.39. The molecule has 0 fully saturated rings. The number of hydrogen-bond acceptors (Lipinski definition) is 4. The van der Waals surface area contributed by atoms with Crippen LogP contribution in [0.4, 0.5) is 0 Å². The molecule has 0 radical (unpaired) electrons. The summed E-state index contributed by atoms with van der Waals surface area (Å²) in [5.41, 5.74) is -0.262. The third-order valence-corrected chi connectivity index (χ3v) is 5.06. The van der Waals surface area contributed by atoms with E-state index in [4.69, 9.17) is 33.6 Å². The van der Waals surface area contributed by atoms with Gasteiger partial charge in [0.2, 0.25) is 0 Å². The van der Waals surface area contributed by atoms with Gasteiger partial charge in [-0.25, -0.2) is 0 Å². The molecule has 0 heterocycles. The quantitative estimate of drug-likeness (QED) is 0.570. The predicted octanol–water partition coefficient (Wildman–Crippen LogP) is 4.60. The van der Waals surface area contributed by atoms with E-state index in [1.54, 1.807) is 24.3 Å². The molecule has 0 aliphatic heterocycles. The summed E-state index contributed by atoms with van der Waals surface area (Å²) in [6, 6.07) is 0. The molecule has 2 aliphatic carbocycles. The van der Waals surface area contributed by atoms with Gasteiger partial charge in [-0.1, -0.05) is 57.8 Å². The Morgan fingerprint density at radius 3 is 1.27 bits per heavy atom. The fraction of sp³-hybridized carbons (Fsp3) is 0.250. The Hall–Kier alpha value is -1.78. The van der Waals surface area contributed by atoms with Crippen LogP contribution in [0.5, 0.6) is 0 Å². The lowest BCUT2D eigenvalue weighted by atomic mass is 9.79. The molecule has 2 N–H and O–H groups in total. The Morgan fingerprint density at radius 2 is 1.05 bits per heavy atom. The highest BCUT2D eigenvalue weighted by Crippen LogP contribution is 2.46. The average molecular weight is 339 g/mol. The molecule has 2 aliphatic rings. The Labute approximate surface area is 139 Å². The third kappa shape index (κ3) is 3.03. The van der Waals surface area contributed by atoms with Crippen molar-refractivity contribution in [3.63, 3.8) is 0 Å². The molecular formula is C16H16Cl2N2O2. The maximum atomic E-state index is 8.77. The van der Waals surface area contributed by atoms with Crippen molar-refractivity contribution in [2.75, 3.05) is 0 Å². The number of rotatable bonds is 2. The SMILES string of the molecule is CC1(/C(Cl)=C(\Cl)C2(C)C=CC(=NO)C=C2)C=CC(=NO)C=C1. The number of allylic oxidation sites excluding steroid dienone is 10. The fourth-order valence-electron chi connectivity index (χ4n) is 2.16. The average Bonchev–Trinajstić information content (AvgIpc) is 2.55. The van der Waals surface area contributed by atoms with Gasteiger partial charge in [0.1, 0.15) is 11.4 Å². The van der Waals surface area contributed by atoms with Gasteiger partial charge in [-0.3, -0.25) is 0 Å².